The maximum Gasteiger partial charge on any atom is 0.231 e. The summed E-state index contributed by atoms with van der Waals surface area (Å²) in [4.78, 5) is 14.6. The second kappa shape index (κ2) is 9.46. The zero-order valence-corrected chi connectivity index (χ0v) is 19.3. The molecule has 2 aliphatic heterocycles. The van der Waals surface area contributed by atoms with Gasteiger partial charge in [-0.3, -0.25) is 9.69 Å². The molecule has 8 heteroatoms. The van der Waals surface area contributed by atoms with Crippen molar-refractivity contribution in [2.75, 3.05) is 19.0 Å². The van der Waals surface area contributed by atoms with Crippen LogP contribution in [0.15, 0.2) is 53.1 Å². The number of amides is 1. The molecule has 0 unspecified atom stereocenters. The fourth-order valence-corrected chi connectivity index (χ4v) is 5.54. The molecule has 1 N–H and O–H groups in total. The summed E-state index contributed by atoms with van der Waals surface area (Å²) in [7, 11) is 0. The van der Waals surface area contributed by atoms with Crippen LogP contribution in [0.1, 0.15) is 43.7 Å². The van der Waals surface area contributed by atoms with Crippen molar-refractivity contribution in [3.8, 4) is 17.6 Å². The van der Waals surface area contributed by atoms with Gasteiger partial charge in [-0.05, 0) is 43.2 Å². The average Bonchev–Trinajstić information content (AvgIpc) is 3.17. The Morgan fingerprint density at radius 1 is 1.21 bits per heavy atom. The molecule has 2 aromatic rings. The summed E-state index contributed by atoms with van der Waals surface area (Å²) in [5.41, 5.74) is -0.0299. The first-order valence-corrected chi connectivity index (χ1v) is 11.9. The van der Waals surface area contributed by atoms with Crippen LogP contribution in [0.2, 0.25) is 0 Å². The summed E-state index contributed by atoms with van der Waals surface area (Å²) in [6, 6.07) is 13.2. The lowest BCUT2D eigenvalue weighted by Gasteiger charge is -2.38. The normalized spacial score (nSPS) is 22.2. The lowest BCUT2D eigenvalue weighted by Crippen LogP contribution is -2.48. The molecular formula is C25H25FN2O4S. The summed E-state index contributed by atoms with van der Waals surface area (Å²) < 4.78 is 24.9. The number of carbonyl (C=O) groups excluding carboxylic acids is 1. The SMILES string of the molecule is CCCOc1ccc([C@H]2CC(=O)N3C(=C2C#N)SC[C@@]3(O)c2ccc(F)cc2)cc1OCC. The minimum absolute atomic E-state index is 0.0250. The van der Waals surface area contributed by atoms with E-state index in [2.05, 4.69) is 6.07 Å². The number of fused-ring (bicyclic) bond motifs is 1. The van der Waals surface area contributed by atoms with Gasteiger partial charge in [0, 0.05) is 17.9 Å². The smallest absolute Gasteiger partial charge is 0.231 e. The van der Waals surface area contributed by atoms with Crippen molar-refractivity contribution >= 4 is 17.7 Å². The summed E-state index contributed by atoms with van der Waals surface area (Å²) in [5.74, 6) is 0.168. The van der Waals surface area contributed by atoms with E-state index in [-0.39, 0.29) is 18.1 Å². The van der Waals surface area contributed by atoms with E-state index in [9.17, 15) is 19.6 Å². The quantitative estimate of drug-likeness (QED) is 0.637. The van der Waals surface area contributed by atoms with E-state index in [0.717, 1.165) is 12.0 Å². The number of nitrogens with zero attached hydrogens (tertiary/aromatic N) is 2. The lowest BCUT2D eigenvalue weighted by molar-refractivity contribution is -0.149. The van der Waals surface area contributed by atoms with Gasteiger partial charge in [0.15, 0.2) is 17.2 Å². The number of hydrogen-bond acceptors (Lipinski definition) is 6. The molecule has 2 aliphatic rings. The largest absolute Gasteiger partial charge is 0.490 e. The summed E-state index contributed by atoms with van der Waals surface area (Å²) >= 11 is 1.26. The van der Waals surface area contributed by atoms with Crippen LogP contribution < -0.4 is 9.47 Å². The summed E-state index contributed by atoms with van der Waals surface area (Å²) in [6.07, 6.45) is 0.885. The minimum Gasteiger partial charge on any atom is -0.490 e. The number of rotatable bonds is 7. The van der Waals surface area contributed by atoms with E-state index in [1.165, 1.54) is 40.9 Å². The van der Waals surface area contributed by atoms with Crippen LogP contribution in [0.4, 0.5) is 4.39 Å². The molecule has 0 saturated carbocycles. The summed E-state index contributed by atoms with van der Waals surface area (Å²) in [6.45, 7) is 4.91. The van der Waals surface area contributed by atoms with E-state index in [1.807, 2.05) is 32.0 Å². The molecule has 1 amide bonds. The molecule has 1 saturated heterocycles. The van der Waals surface area contributed by atoms with Crippen LogP contribution in [0.5, 0.6) is 11.5 Å². The van der Waals surface area contributed by atoms with Crippen LogP contribution in [0.25, 0.3) is 0 Å². The Balaban J connectivity index is 1.73. The molecule has 6 nitrogen and oxygen atoms in total. The molecule has 4 rings (SSSR count). The number of ether oxygens (including phenoxy) is 2. The highest BCUT2D eigenvalue weighted by molar-refractivity contribution is 8.03. The van der Waals surface area contributed by atoms with Gasteiger partial charge in [-0.25, -0.2) is 4.39 Å². The number of allylic oxidation sites excluding steroid dienone is 1. The predicted octanol–water partition coefficient (Wildman–Crippen LogP) is 4.66. The lowest BCUT2D eigenvalue weighted by atomic mass is 9.85. The molecular weight excluding hydrogens is 443 g/mol. The molecule has 172 valence electrons. The number of benzene rings is 2. The number of aliphatic hydroxyl groups is 1. The topological polar surface area (TPSA) is 82.8 Å². The molecule has 2 heterocycles. The van der Waals surface area contributed by atoms with Gasteiger partial charge in [0.2, 0.25) is 5.91 Å². The standard InChI is InChI=1S/C25H25FN2O4S/c1-3-11-32-21-10-5-16(12-22(21)31-4-2)19-13-23(29)28-24(20(19)14-27)33-15-25(28,30)17-6-8-18(26)9-7-17/h5-10,12,19,30H,3-4,11,13,15H2,1-2H3/t19-,25-/m1/s1. The van der Waals surface area contributed by atoms with Gasteiger partial charge in [0.05, 0.1) is 35.6 Å². The number of carbonyl (C=O) groups is 1. The highest BCUT2D eigenvalue weighted by Crippen LogP contribution is 2.52. The Morgan fingerprint density at radius 2 is 1.97 bits per heavy atom. The van der Waals surface area contributed by atoms with E-state index < -0.39 is 17.5 Å². The molecule has 33 heavy (non-hydrogen) atoms. The van der Waals surface area contributed by atoms with Gasteiger partial charge in [-0.15, -0.1) is 11.8 Å². The summed E-state index contributed by atoms with van der Waals surface area (Å²) in [5, 5.41) is 21.9. The van der Waals surface area contributed by atoms with E-state index in [0.29, 0.717) is 40.9 Å². The maximum absolute atomic E-state index is 13.4. The van der Waals surface area contributed by atoms with Gasteiger partial charge in [-0.1, -0.05) is 25.1 Å². The molecule has 2 atom stereocenters. The van der Waals surface area contributed by atoms with Crippen molar-refractivity contribution < 1.29 is 23.8 Å². The maximum atomic E-state index is 13.4. The fourth-order valence-electron chi connectivity index (χ4n) is 4.18. The molecule has 0 radical (unpaired) electrons. The number of halogens is 1. The third-order valence-corrected chi connectivity index (χ3v) is 6.97. The number of thioether (sulfide) groups is 1. The van der Waals surface area contributed by atoms with E-state index in [4.69, 9.17) is 9.47 Å². The zero-order valence-electron chi connectivity index (χ0n) is 18.5. The van der Waals surface area contributed by atoms with Crippen molar-refractivity contribution in [3.63, 3.8) is 0 Å². The van der Waals surface area contributed by atoms with Crippen LogP contribution in [-0.2, 0) is 10.5 Å². The van der Waals surface area contributed by atoms with Gasteiger partial charge >= 0.3 is 0 Å². The zero-order chi connectivity index (χ0) is 23.6. The van der Waals surface area contributed by atoms with Crippen LogP contribution in [-0.4, -0.2) is 34.9 Å². The van der Waals surface area contributed by atoms with Crippen LogP contribution in [0.3, 0.4) is 0 Å². The minimum atomic E-state index is -1.63. The van der Waals surface area contributed by atoms with E-state index >= 15 is 0 Å². The Bertz CT molecular complexity index is 1130. The molecule has 1 fully saturated rings. The number of nitriles is 1. The van der Waals surface area contributed by atoms with Gasteiger partial charge in [0.1, 0.15) is 5.82 Å². The third-order valence-electron chi connectivity index (χ3n) is 5.75. The third kappa shape index (κ3) is 4.19. The van der Waals surface area contributed by atoms with Crippen molar-refractivity contribution in [1.29, 1.82) is 5.26 Å². The fraction of sp³-hybridized carbons (Fsp3) is 0.360. The Kier molecular flexibility index (Phi) is 6.63. The Labute approximate surface area is 196 Å². The highest BCUT2D eigenvalue weighted by atomic mass is 32.2. The van der Waals surface area contributed by atoms with Crippen molar-refractivity contribution in [3.05, 3.63) is 70.0 Å². The predicted molar refractivity (Wildman–Crippen MR) is 123 cm³/mol. The molecule has 2 aromatic carbocycles. The van der Waals surface area contributed by atoms with E-state index in [1.54, 1.807) is 0 Å². The molecule has 0 bridgehead atoms. The monoisotopic (exact) mass is 468 g/mol. The molecule has 0 aliphatic carbocycles. The van der Waals surface area contributed by atoms with Crippen molar-refractivity contribution in [2.24, 2.45) is 0 Å². The van der Waals surface area contributed by atoms with Crippen LogP contribution >= 0.6 is 11.8 Å². The first-order valence-electron chi connectivity index (χ1n) is 10.9. The van der Waals surface area contributed by atoms with Crippen LogP contribution in [0, 0.1) is 17.1 Å². The van der Waals surface area contributed by atoms with Crippen molar-refractivity contribution in [2.45, 2.75) is 38.3 Å². The first kappa shape index (κ1) is 23.1. The first-order chi connectivity index (χ1) is 15.9. The van der Waals surface area contributed by atoms with Gasteiger partial charge in [-0.2, -0.15) is 5.26 Å². The van der Waals surface area contributed by atoms with Gasteiger partial charge < -0.3 is 14.6 Å². The highest BCUT2D eigenvalue weighted by Gasteiger charge is 2.51. The molecule has 0 aromatic heterocycles. The average molecular weight is 469 g/mol. The Hall–Kier alpha value is -3.02. The second-order valence-corrected chi connectivity index (χ2v) is 8.88. The number of hydrogen-bond donors (Lipinski definition) is 1. The van der Waals surface area contributed by atoms with Crippen molar-refractivity contribution in [1.82, 2.24) is 4.90 Å². The van der Waals surface area contributed by atoms with Gasteiger partial charge in [0.25, 0.3) is 0 Å². The molecule has 0 spiro atoms. The second-order valence-electron chi connectivity index (χ2n) is 7.92. The Morgan fingerprint density at radius 3 is 2.64 bits per heavy atom.